The number of esters is 1. The number of amides is 2. The second-order valence-corrected chi connectivity index (χ2v) is 15.7. The summed E-state index contributed by atoms with van der Waals surface area (Å²) in [7, 11) is 3.03. The van der Waals surface area contributed by atoms with Crippen LogP contribution < -0.4 is 14.8 Å². The maximum absolute atomic E-state index is 14.5. The molecule has 2 amide bonds. The number of likely N-dealkylation sites (N-methyl/N-ethyl adjacent to an activating group) is 1. The van der Waals surface area contributed by atoms with Crippen molar-refractivity contribution >= 4 is 40.0 Å². The van der Waals surface area contributed by atoms with Gasteiger partial charge in [0.25, 0.3) is 17.6 Å². The molecular formula is C44H61N3O13. The molecule has 2 aromatic carbocycles. The van der Waals surface area contributed by atoms with Gasteiger partial charge in [-0.1, -0.05) is 59.8 Å². The van der Waals surface area contributed by atoms with Gasteiger partial charge in [-0.15, -0.1) is 0 Å². The normalized spacial score (nSPS) is 29.6. The summed E-state index contributed by atoms with van der Waals surface area (Å²) in [4.78, 5) is 53.8. The number of ketones is 1. The summed E-state index contributed by atoms with van der Waals surface area (Å²) in [5.41, 5.74) is -0.0401. The lowest BCUT2D eigenvalue weighted by Gasteiger charge is -2.38. The highest BCUT2D eigenvalue weighted by Gasteiger charge is 2.50. The first kappa shape index (κ1) is 47.5. The minimum atomic E-state index is -2.03. The SMILES string of the molecule is CCN(CC)N(C)C(=O)COc1cc2c(O)c3c(O)c(C)c4c(c13)C(=O)[C@@](C)(O/C=C/[C@H](OC)[C@@H](C)[C@@H](OC(C)=O)[C@H](C)[C@@H](O)[C@H](C)[C@H](O)[C@H](C)/C=C/C=C(/C)C(=O)N2)O4. The second kappa shape index (κ2) is 19.5. The number of anilines is 1. The number of allylic oxidation sites excluding steroid dienone is 2. The second-order valence-electron chi connectivity index (χ2n) is 15.7. The molecule has 5 N–H and O–H groups in total. The summed E-state index contributed by atoms with van der Waals surface area (Å²) in [5.74, 6) is -8.18. The molecule has 16 nitrogen and oxygen atoms in total. The van der Waals surface area contributed by atoms with Gasteiger partial charge in [-0.2, -0.15) is 0 Å². The third kappa shape index (κ3) is 9.57. The fourth-order valence-electron chi connectivity index (χ4n) is 7.79. The van der Waals surface area contributed by atoms with Gasteiger partial charge in [0.2, 0.25) is 0 Å². The lowest BCUT2D eigenvalue weighted by atomic mass is 9.78. The molecule has 0 saturated carbocycles. The van der Waals surface area contributed by atoms with E-state index in [4.69, 9.17) is 23.7 Å². The van der Waals surface area contributed by atoms with Crippen LogP contribution >= 0.6 is 0 Å². The Balaban J connectivity index is 1.94. The number of aliphatic hydroxyl groups excluding tert-OH is 2. The highest BCUT2D eigenvalue weighted by atomic mass is 16.7. The number of phenols is 2. The number of hydrogen-bond acceptors (Lipinski definition) is 14. The van der Waals surface area contributed by atoms with Gasteiger partial charge in [0.1, 0.15) is 23.4 Å². The number of hydrazine groups is 1. The molecule has 0 saturated heterocycles. The van der Waals surface area contributed by atoms with Gasteiger partial charge < -0.3 is 49.4 Å². The van der Waals surface area contributed by atoms with Crippen LogP contribution in [0.1, 0.15) is 78.2 Å². The number of Topliss-reactive ketones (excluding diaryl/α,β-unsaturated/α-hetero) is 1. The van der Waals surface area contributed by atoms with E-state index in [0.717, 1.165) is 0 Å². The molecule has 0 fully saturated rings. The minimum absolute atomic E-state index is 0.0652. The Kier molecular flexibility index (Phi) is 15.4. The number of nitrogens with zero attached hydrogens (tertiary/aromatic N) is 2. The number of carbonyl (C=O) groups is 4. The van der Waals surface area contributed by atoms with Crippen molar-refractivity contribution in [2.45, 2.75) is 99.4 Å². The topological polar surface area (TPSA) is 214 Å². The van der Waals surface area contributed by atoms with E-state index in [1.165, 1.54) is 64.3 Å². The fraction of sp³-hybridized carbons (Fsp3) is 0.545. The van der Waals surface area contributed by atoms with Crippen molar-refractivity contribution in [3.63, 3.8) is 0 Å². The first-order valence-electron chi connectivity index (χ1n) is 20.2. The maximum atomic E-state index is 14.5. The molecule has 9 atom stereocenters. The van der Waals surface area contributed by atoms with Gasteiger partial charge in [0, 0.05) is 87.4 Å². The monoisotopic (exact) mass is 839 g/mol. The Bertz CT molecular complexity index is 2040. The van der Waals surface area contributed by atoms with Crippen molar-refractivity contribution in [1.82, 2.24) is 10.0 Å². The van der Waals surface area contributed by atoms with Crippen LogP contribution in [0.25, 0.3) is 10.8 Å². The van der Waals surface area contributed by atoms with Crippen LogP contribution in [0, 0.1) is 30.6 Å². The van der Waals surface area contributed by atoms with Gasteiger partial charge in [0.15, 0.2) is 12.4 Å². The molecule has 0 radical (unpaired) electrons. The van der Waals surface area contributed by atoms with E-state index in [1.54, 1.807) is 51.9 Å². The van der Waals surface area contributed by atoms with E-state index in [-0.39, 0.29) is 44.7 Å². The zero-order chi connectivity index (χ0) is 45.0. The van der Waals surface area contributed by atoms with Crippen molar-refractivity contribution in [2.75, 3.05) is 39.2 Å². The zero-order valence-electron chi connectivity index (χ0n) is 36.6. The number of methoxy groups -OCH3 is 1. The summed E-state index contributed by atoms with van der Waals surface area (Å²) < 4.78 is 29.8. The Morgan fingerprint density at radius 1 is 0.950 bits per heavy atom. The molecule has 5 bridgehead atoms. The number of benzene rings is 2. The lowest BCUT2D eigenvalue weighted by Crippen LogP contribution is -2.46. The van der Waals surface area contributed by atoms with Crippen LogP contribution in [-0.4, -0.2) is 118 Å². The number of nitrogens with one attached hydrogen (secondary N) is 1. The molecular weight excluding hydrogens is 778 g/mol. The molecule has 2 aromatic rings. The molecule has 0 aromatic heterocycles. The molecule has 3 heterocycles. The highest BCUT2D eigenvalue weighted by molar-refractivity contribution is 6.21. The summed E-state index contributed by atoms with van der Waals surface area (Å²) in [6.07, 6.45) is 3.57. The standard InChI is InChI=1S/C44H61N3O13/c1-13-47(14-2)46(11)32(49)21-57-31-20-29-39(53)34-33(31)35-41(27(8)38(34)52)60-44(10,42(35)54)58-19-18-30(56-12)24(5)40(59-28(9)48)26(7)37(51)25(6)36(50)22(3)16-15-17-23(4)43(55)45-29/h15-20,22,24-26,30,36-37,40,50-53H,13-14,21H2,1-12H3,(H,45,55)/b16-15+,19-18+,23-17-/t22-,24-,25-,26-,30+,36-,37+,40-,44+/m1/s1. The summed E-state index contributed by atoms with van der Waals surface area (Å²) in [5, 5.41) is 51.7. The van der Waals surface area contributed by atoms with Gasteiger partial charge in [-0.05, 0) is 19.9 Å². The minimum Gasteiger partial charge on any atom is -0.507 e. The van der Waals surface area contributed by atoms with Crippen molar-refractivity contribution in [2.24, 2.45) is 23.7 Å². The number of phenolic OH excluding ortho intramolecular Hbond substituents is 2. The predicted molar refractivity (Wildman–Crippen MR) is 223 cm³/mol. The lowest BCUT2D eigenvalue weighted by molar-refractivity contribution is -0.160. The van der Waals surface area contributed by atoms with Crippen LogP contribution in [0.3, 0.4) is 0 Å². The molecule has 5 rings (SSSR count). The van der Waals surface area contributed by atoms with E-state index in [0.29, 0.717) is 13.1 Å². The molecule has 60 heavy (non-hydrogen) atoms. The number of carbonyl (C=O) groups excluding carboxylic acids is 4. The number of rotatable bonds is 8. The Labute approximate surface area is 351 Å². The Morgan fingerprint density at radius 3 is 2.20 bits per heavy atom. The van der Waals surface area contributed by atoms with Gasteiger partial charge in [-0.3, -0.25) is 24.2 Å². The zero-order valence-corrected chi connectivity index (χ0v) is 36.6. The van der Waals surface area contributed by atoms with Crippen molar-refractivity contribution in [3.8, 4) is 23.0 Å². The van der Waals surface area contributed by atoms with Crippen molar-refractivity contribution in [3.05, 3.63) is 53.3 Å². The van der Waals surface area contributed by atoms with Crippen molar-refractivity contribution in [1.29, 1.82) is 0 Å². The molecule has 3 aliphatic heterocycles. The molecule has 330 valence electrons. The van der Waals surface area contributed by atoms with E-state index < -0.39 is 95.5 Å². The van der Waals surface area contributed by atoms with Crippen LogP contribution in [0.5, 0.6) is 23.0 Å². The quantitative estimate of drug-likeness (QED) is 0.132. The highest BCUT2D eigenvalue weighted by Crippen LogP contribution is 2.54. The molecule has 0 aliphatic carbocycles. The van der Waals surface area contributed by atoms with Gasteiger partial charge in [0.05, 0.1) is 41.2 Å². The third-order valence-corrected chi connectivity index (χ3v) is 11.7. The van der Waals surface area contributed by atoms with E-state index in [9.17, 15) is 39.6 Å². The van der Waals surface area contributed by atoms with E-state index >= 15 is 0 Å². The third-order valence-electron chi connectivity index (χ3n) is 11.7. The van der Waals surface area contributed by atoms with E-state index in [2.05, 4.69) is 5.32 Å². The number of ether oxygens (including phenoxy) is 5. The Morgan fingerprint density at radius 2 is 1.60 bits per heavy atom. The average Bonchev–Trinajstić information content (AvgIpc) is 3.48. The molecule has 16 heteroatoms. The maximum Gasteiger partial charge on any atom is 0.312 e. The number of hydrogen-bond donors (Lipinski definition) is 5. The Hall–Kier alpha value is -5.16. The average molecular weight is 840 g/mol. The summed E-state index contributed by atoms with van der Waals surface area (Å²) >= 11 is 0. The molecule has 0 spiro atoms. The number of aliphatic hydroxyl groups is 2. The molecule has 3 aliphatic rings. The smallest absolute Gasteiger partial charge is 0.312 e. The van der Waals surface area contributed by atoms with Crippen molar-refractivity contribution < 1.29 is 63.3 Å². The largest absolute Gasteiger partial charge is 0.507 e. The fourth-order valence-corrected chi connectivity index (χ4v) is 7.79. The first-order chi connectivity index (χ1) is 28.1. The van der Waals surface area contributed by atoms with Gasteiger partial charge >= 0.3 is 11.8 Å². The van der Waals surface area contributed by atoms with Crippen LogP contribution in [0.4, 0.5) is 5.69 Å². The van der Waals surface area contributed by atoms with E-state index in [1.807, 2.05) is 13.8 Å². The van der Waals surface area contributed by atoms with Crippen LogP contribution in [-0.2, 0) is 28.6 Å². The summed E-state index contributed by atoms with van der Waals surface area (Å²) in [6.45, 7) is 16.9. The van der Waals surface area contributed by atoms with Crippen LogP contribution in [0.15, 0.2) is 42.2 Å². The first-order valence-corrected chi connectivity index (χ1v) is 20.2. The summed E-state index contributed by atoms with van der Waals surface area (Å²) in [6, 6.07) is 1.26. The van der Waals surface area contributed by atoms with Crippen LogP contribution in [0.2, 0.25) is 0 Å². The number of aromatic hydroxyl groups is 2. The predicted octanol–water partition coefficient (Wildman–Crippen LogP) is 5.14. The molecule has 0 unspecified atom stereocenters. The number of fused-ring (bicyclic) bond motifs is 14. The van der Waals surface area contributed by atoms with Gasteiger partial charge in [-0.25, -0.2) is 5.01 Å².